The van der Waals surface area contributed by atoms with Gasteiger partial charge in [0, 0.05) is 26.5 Å². The third-order valence-corrected chi connectivity index (χ3v) is 2.90. The van der Waals surface area contributed by atoms with Crippen LogP contribution in [0.25, 0.3) is 22.6 Å². The van der Waals surface area contributed by atoms with Crippen LogP contribution in [0.1, 0.15) is 5.56 Å². The number of para-hydroxylation sites is 1. The van der Waals surface area contributed by atoms with Gasteiger partial charge in [-0.05, 0) is 18.6 Å². The van der Waals surface area contributed by atoms with Crippen LogP contribution >= 0.6 is 0 Å². The quantitative estimate of drug-likeness (QED) is 0.703. The zero-order chi connectivity index (χ0) is 13.4. The van der Waals surface area contributed by atoms with Gasteiger partial charge in [-0.15, -0.1) is 0 Å². The average molecular weight is 254 g/mol. The smallest absolute Gasteiger partial charge is 0.230 e. The number of aryl methyl sites for hydroxylation is 1. The summed E-state index contributed by atoms with van der Waals surface area (Å²) in [6.45, 7) is 2.00. The largest absolute Gasteiger partial charge is 0.436 e. The second kappa shape index (κ2) is 4.35. The number of aromatic nitrogens is 3. The Morgan fingerprint density at radius 1 is 1.11 bits per heavy atom. The fraction of sp³-hybridized carbons (Fsp3) is 0.214. The van der Waals surface area contributed by atoms with Crippen molar-refractivity contribution in [2.45, 2.75) is 6.92 Å². The highest BCUT2D eigenvalue weighted by Gasteiger charge is 2.10. The van der Waals surface area contributed by atoms with Crippen molar-refractivity contribution in [2.75, 3.05) is 19.0 Å². The minimum atomic E-state index is 0.551. The van der Waals surface area contributed by atoms with E-state index in [0.29, 0.717) is 11.8 Å². The van der Waals surface area contributed by atoms with Crippen LogP contribution in [0.4, 0.5) is 5.95 Å². The first-order valence-electron chi connectivity index (χ1n) is 6.01. The van der Waals surface area contributed by atoms with Crippen LogP contribution in [0.2, 0.25) is 0 Å². The number of rotatable bonds is 2. The molecule has 5 heteroatoms. The van der Waals surface area contributed by atoms with Gasteiger partial charge in [0.2, 0.25) is 11.8 Å². The number of fused-ring (bicyclic) bond motifs is 1. The van der Waals surface area contributed by atoms with Gasteiger partial charge < -0.3 is 9.32 Å². The van der Waals surface area contributed by atoms with Crippen LogP contribution < -0.4 is 4.90 Å². The van der Waals surface area contributed by atoms with Crippen molar-refractivity contribution >= 4 is 17.0 Å². The lowest BCUT2D eigenvalue weighted by Crippen LogP contribution is -2.12. The van der Waals surface area contributed by atoms with Crippen molar-refractivity contribution in [3.05, 3.63) is 36.2 Å². The van der Waals surface area contributed by atoms with Gasteiger partial charge in [0.05, 0.1) is 5.56 Å². The molecule has 5 nitrogen and oxygen atoms in total. The second-order valence-corrected chi connectivity index (χ2v) is 4.61. The minimum absolute atomic E-state index is 0.551. The van der Waals surface area contributed by atoms with Crippen molar-refractivity contribution in [1.82, 2.24) is 15.0 Å². The first kappa shape index (κ1) is 11.6. The Labute approximate surface area is 110 Å². The predicted octanol–water partition coefficient (Wildman–Crippen LogP) is 2.66. The number of hydrogen-bond acceptors (Lipinski definition) is 5. The maximum absolute atomic E-state index is 5.78. The summed E-state index contributed by atoms with van der Waals surface area (Å²) in [6, 6.07) is 5.91. The van der Waals surface area contributed by atoms with E-state index in [1.807, 2.05) is 44.1 Å². The molecule has 0 saturated heterocycles. The van der Waals surface area contributed by atoms with Crippen LogP contribution in [-0.2, 0) is 0 Å². The molecule has 1 aromatic carbocycles. The molecule has 0 aliphatic heterocycles. The van der Waals surface area contributed by atoms with Crippen molar-refractivity contribution < 1.29 is 4.42 Å². The third-order valence-electron chi connectivity index (χ3n) is 2.90. The molecular formula is C14H14N4O. The fourth-order valence-electron chi connectivity index (χ4n) is 1.87. The molecule has 0 spiro atoms. The molecule has 0 saturated carbocycles. The molecule has 0 fully saturated rings. The van der Waals surface area contributed by atoms with Crippen molar-refractivity contribution in [1.29, 1.82) is 0 Å². The molecule has 0 bridgehead atoms. The zero-order valence-electron chi connectivity index (χ0n) is 11.1. The average Bonchev–Trinajstić information content (AvgIpc) is 2.84. The highest BCUT2D eigenvalue weighted by atomic mass is 16.3. The maximum Gasteiger partial charge on any atom is 0.230 e. The molecule has 0 unspecified atom stereocenters. The molecule has 0 aliphatic rings. The third kappa shape index (κ3) is 2.03. The molecule has 0 aliphatic carbocycles. The Bertz CT molecular complexity index is 716. The lowest BCUT2D eigenvalue weighted by Gasteiger charge is -2.08. The van der Waals surface area contributed by atoms with E-state index in [0.717, 1.165) is 22.2 Å². The summed E-state index contributed by atoms with van der Waals surface area (Å²) in [5, 5.41) is 0. The van der Waals surface area contributed by atoms with Gasteiger partial charge in [0.15, 0.2) is 5.58 Å². The van der Waals surface area contributed by atoms with E-state index in [1.54, 1.807) is 12.4 Å². The first-order valence-corrected chi connectivity index (χ1v) is 6.01. The van der Waals surface area contributed by atoms with E-state index in [2.05, 4.69) is 15.0 Å². The molecule has 96 valence electrons. The Morgan fingerprint density at radius 3 is 2.47 bits per heavy atom. The number of oxazole rings is 1. The Kier molecular flexibility index (Phi) is 2.67. The molecule has 0 amide bonds. The summed E-state index contributed by atoms with van der Waals surface area (Å²) >= 11 is 0. The summed E-state index contributed by atoms with van der Waals surface area (Å²) in [4.78, 5) is 14.8. The van der Waals surface area contributed by atoms with E-state index in [1.165, 1.54) is 0 Å². The second-order valence-electron chi connectivity index (χ2n) is 4.61. The Morgan fingerprint density at radius 2 is 1.84 bits per heavy atom. The first-order chi connectivity index (χ1) is 9.15. The van der Waals surface area contributed by atoms with Crippen molar-refractivity contribution in [3.63, 3.8) is 0 Å². The van der Waals surface area contributed by atoms with Crippen molar-refractivity contribution in [3.8, 4) is 11.5 Å². The summed E-state index contributed by atoms with van der Waals surface area (Å²) in [5.74, 6) is 1.21. The van der Waals surface area contributed by atoms with Crippen LogP contribution in [0.3, 0.4) is 0 Å². The van der Waals surface area contributed by atoms with Gasteiger partial charge >= 0.3 is 0 Å². The van der Waals surface area contributed by atoms with Crippen molar-refractivity contribution in [2.24, 2.45) is 0 Å². The normalized spacial score (nSPS) is 10.9. The Balaban J connectivity index is 2.06. The number of anilines is 1. The minimum Gasteiger partial charge on any atom is -0.436 e. The van der Waals surface area contributed by atoms with Gasteiger partial charge in [-0.2, -0.15) is 0 Å². The van der Waals surface area contributed by atoms with E-state index >= 15 is 0 Å². The molecule has 0 radical (unpaired) electrons. The monoisotopic (exact) mass is 254 g/mol. The summed E-state index contributed by atoms with van der Waals surface area (Å²) in [7, 11) is 3.80. The van der Waals surface area contributed by atoms with Crippen LogP contribution in [0.15, 0.2) is 35.0 Å². The van der Waals surface area contributed by atoms with Gasteiger partial charge in [-0.1, -0.05) is 12.1 Å². The highest BCUT2D eigenvalue weighted by Crippen LogP contribution is 2.25. The summed E-state index contributed by atoms with van der Waals surface area (Å²) < 4.78 is 5.78. The van der Waals surface area contributed by atoms with Crippen LogP contribution in [-0.4, -0.2) is 29.0 Å². The van der Waals surface area contributed by atoms with Gasteiger partial charge in [0.1, 0.15) is 5.52 Å². The lowest BCUT2D eigenvalue weighted by molar-refractivity contribution is 0.616. The summed E-state index contributed by atoms with van der Waals surface area (Å²) in [6.07, 6.45) is 3.45. The van der Waals surface area contributed by atoms with Gasteiger partial charge in [-0.25, -0.2) is 15.0 Å². The highest BCUT2D eigenvalue weighted by molar-refractivity contribution is 5.78. The standard InChI is InChI=1S/C14H14N4O/c1-9-5-4-6-11-12(9)19-13(17-11)10-7-15-14(16-8-10)18(2)3/h4-8H,1-3H3. The number of hydrogen-bond donors (Lipinski definition) is 0. The van der Waals surface area contributed by atoms with Crippen LogP contribution in [0, 0.1) is 6.92 Å². The fourth-order valence-corrected chi connectivity index (χ4v) is 1.87. The molecule has 3 aromatic rings. The number of benzene rings is 1. The zero-order valence-corrected chi connectivity index (χ0v) is 11.1. The molecule has 0 N–H and O–H groups in total. The molecule has 19 heavy (non-hydrogen) atoms. The Hall–Kier alpha value is -2.43. The van der Waals surface area contributed by atoms with Gasteiger partial charge in [0.25, 0.3) is 0 Å². The van der Waals surface area contributed by atoms with Gasteiger partial charge in [-0.3, -0.25) is 0 Å². The molecule has 2 heterocycles. The maximum atomic E-state index is 5.78. The van der Waals surface area contributed by atoms with E-state index < -0.39 is 0 Å². The lowest BCUT2D eigenvalue weighted by atomic mass is 10.2. The van der Waals surface area contributed by atoms with E-state index in [-0.39, 0.29) is 0 Å². The SMILES string of the molecule is Cc1cccc2nc(-c3cnc(N(C)C)nc3)oc12. The van der Waals surface area contributed by atoms with E-state index in [9.17, 15) is 0 Å². The number of nitrogens with zero attached hydrogens (tertiary/aromatic N) is 4. The van der Waals surface area contributed by atoms with E-state index in [4.69, 9.17) is 4.42 Å². The topological polar surface area (TPSA) is 55.1 Å². The molecule has 2 aromatic heterocycles. The van der Waals surface area contributed by atoms with Crippen LogP contribution in [0.5, 0.6) is 0 Å². The summed E-state index contributed by atoms with van der Waals surface area (Å²) in [5.41, 5.74) is 3.52. The molecular weight excluding hydrogens is 240 g/mol. The molecule has 0 atom stereocenters. The predicted molar refractivity (Wildman–Crippen MR) is 74.1 cm³/mol. The molecule has 3 rings (SSSR count).